The molecule has 0 radical (unpaired) electrons. The van der Waals surface area contributed by atoms with Crippen molar-refractivity contribution < 1.29 is 4.74 Å². The van der Waals surface area contributed by atoms with Gasteiger partial charge in [0.1, 0.15) is 6.61 Å². The van der Waals surface area contributed by atoms with Crippen LogP contribution in [0.1, 0.15) is 18.9 Å². The highest BCUT2D eigenvalue weighted by Crippen LogP contribution is 2.12. The Hall–Kier alpha value is -1.44. The van der Waals surface area contributed by atoms with Gasteiger partial charge in [-0.25, -0.2) is 0 Å². The van der Waals surface area contributed by atoms with Crippen LogP contribution in [0.15, 0.2) is 36.6 Å². The van der Waals surface area contributed by atoms with Crippen molar-refractivity contribution in [1.29, 1.82) is 0 Å². The average Bonchev–Trinajstić information content (AvgIpc) is 2.25. The largest absolute Gasteiger partial charge is 0.497 e. The summed E-state index contributed by atoms with van der Waals surface area (Å²) in [7, 11) is 4.07. The van der Waals surface area contributed by atoms with Gasteiger partial charge in [0.15, 0.2) is 0 Å². The van der Waals surface area contributed by atoms with Gasteiger partial charge in [-0.2, -0.15) is 0 Å². The molecule has 0 saturated carbocycles. The number of hydrogen-bond acceptors (Lipinski definition) is 2. The first kappa shape index (κ1) is 11.6. The third-order valence-electron chi connectivity index (χ3n) is 2.13. The fourth-order valence-corrected chi connectivity index (χ4v) is 1.20. The minimum Gasteiger partial charge on any atom is -0.497 e. The second-order valence-electron chi connectivity index (χ2n) is 3.65. The predicted molar refractivity (Wildman–Crippen MR) is 65.0 cm³/mol. The van der Waals surface area contributed by atoms with E-state index in [9.17, 15) is 0 Å². The lowest BCUT2D eigenvalue weighted by Gasteiger charge is -2.12. The van der Waals surface area contributed by atoms with Crippen LogP contribution in [0.5, 0.6) is 0 Å². The van der Waals surface area contributed by atoms with E-state index in [1.54, 1.807) is 6.26 Å². The molecule has 2 nitrogen and oxygen atoms in total. The van der Waals surface area contributed by atoms with Crippen molar-refractivity contribution >= 4 is 5.69 Å². The van der Waals surface area contributed by atoms with Crippen LogP contribution < -0.4 is 4.90 Å². The van der Waals surface area contributed by atoms with Crippen molar-refractivity contribution in [2.24, 2.45) is 0 Å². The van der Waals surface area contributed by atoms with Crippen LogP contribution in [0.25, 0.3) is 0 Å². The Morgan fingerprint density at radius 1 is 1.20 bits per heavy atom. The van der Waals surface area contributed by atoms with Gasteiger partial charge in [-0.05, 0) is 24.1 Å². The molecule has 0 aromatic heterocycles. The number of benzene rings is 1. The maximum atomic E-state index is 5.37. The van der Waals surface area contributed by atoms with Crippen molar-refractivity contribution in [3.8, 4) is 0 Å². The number of ether oxygens (including phenoxy) is 1. The lowest BCUT2D eigenvalue weighted by molar-refractivity contribution is 0.235. The van der Waals surface area contributed by atoms with Gasteiger partial charge in [-0.1, -0.05) is 25.1 Å². The summed E-state index contributed by atoms with van der Waals surface area (Å²) in [5.41, 5.74) is 2.41. The molecule has 15 heavy (non-hydrogen) atoms. The van der Waals surface area contributed by atoms with Gasteiger partial charge in [0, 0.05) is 19.8 Å². The zero-order valence-corrected chi connectivity index (χ0v) is 9.73. The molecule has 0 aliphatic carbocycles. The van der Waals surface area contributed by atoms with Crippen LogP contribution in [0.3, 0.4) is 0 Å². The number of anilines is 1. The quantitative estimate of drug-likeness (QED) is 0.684. The Labute approximate surface area is 92.2 Å². The Bertz CT molecular complexity index is 301. The number of hydrogen-bond donors (Lipinski definition) is 0. The molecule has 0 fully saturated rings. The molecule has 0 bridgehead atoms. The van der Waals surface area contributed by atoms with E-state index in [2.05, 4.69) is 36.1 Å². The lowest BCUT2D eigenvalue weighted by atomic mass is 10.2. The summed E-state index contributed by atoms with van der Waals surface area (Å²) >= 11 is 0. The van der Waals surface area contributed by atoms with Gasteiger partial charge >= 0.3 is 0 Å². The first-order chi connectivity index (χ1) is 7.24. The molecule has 0 aliphatic rings. The molecule has 1 rings (SSSR count). The van der Waals surface area contributed by atoms with Crippen LogP contribution in [-0.2, 0) is 11.3 Å². The summed E-state index contributed by atoms with van der Waals surface area (Å²) in [6.07, 6.45) is 4.79. The molecule has 0 atom stereocenters. The molecule has 2 heteroatoms. The van der Waals surface area contributed by atoms with Crippen molar-refractivity contribution in [2.75, 3.05) is 19.0 Å². The van der Waals surface area contributed by atoms with E-state index in [0.717, 1.165) is 6.42 Å². The fourth-order valence-electron chi connectivity index (χ4n) is 1.20. The molecular weight excluding hydrogens is 186 g/mol. The van der Waals surface area contributed by atoms with Crippen molar-refractivity contribution in [2.45, 2.75) is 20.0 Å². The monoisotopic (exact) mass is 205 g/mol. The van der Waals surface area contributed by atoms with Gasteiger partial charge in [-0.3, -0.25) is 0 Å². The van der Waals surface area contributed by atoms with E-state index in [1.165, 1.54) is 11.3 Å². The third-order valence-corrected chi connectivity index (χ3v) is 2.13. The molecular formula is C13H19NO. The molecule has 1 aromatic carbocycles. The summed E-state index contributed by atoms with van der Waals surface area (Å²) in [4.78, 5) is 2.08. The summed E-state index contributed by atoms with van der Waals surface area (Å²) in [5.74, 6) is 0. The highest BCUT2D eigenvalue weighted by atomic mass is 16.5. The second kappa shape index (κ2) is 6.12. The highest BCUT2D eigenvalue weighted by Gasteiger charge is 1.95. The van der Waals surface area contributed by atoms with E-state index in [-0.39, 0.29) is 0 Å². The highest BCUT2D eigenvalue weighted by molar-refractivity contribution is 5.45. The fraction of sp³-hybridized carbons (Fsp3) is 0.385. The summed E-state index contributed by atoms with van der Waals surface area (Å²) in [6, 6.07) is 8.38. The Morgan fingerprint density at radius 2 is 1.87 bits per heavy atom. The average molecular weight is 205 g/mol. The van der Waals surface area contributed by atoms with Gasteiger partial charge in [0.2, 0.25) is 0 Å². The Balaban J connectivity index is 2.46. The molecule has 0 spiro atoms. The van der Waals surface area contributed by atoms with Gasteiger partial charge in [-0.15, -0.1) is 0 Å². The third kappa shape index (κ3) is 4.07. The normalized spacial score (nSPS) is 10.6. The molecule has 82 valence electrons. The molecule has 0 amide bonds. The van der Waals surface area contributed by atoms with Gasteiger partial charge in [0.05, 0.1) is 6.26 Å². The predicted octanol–water partition coefficient (Wildman–Crippen LogP) is 3.19. The smallest absolute Gasteiger partial charge is 0.112 e. The molecule has 0 aliphatic heterocycles. The van der Waals surface area contributed by atoms with Crippen LogP contribution in [-0.4, -0.2) is 14.1 Å². The molecule has 0 saturated heterocycles. The zero-order valence-electron chi connectivity index (χ0n) is 9.73. The standard InChI is InChI=1S/C13H19NO/c1-4-5-10-15-11-12-6-8-13(9-7-12)14(2)3/h5-10H,4,11H2,1-3H3. The zero-order chi connectivity index (χ0) is 11.1. The molecule has 0 heterocycles. The van der Waals surface area contributed by atoms with E-state index in [0.29, 0.717) is 6.61 Å². The maximum Gasteiger partial charge on any atom is 0.112 e. The van der Waals surface area contributed by atoms with E-state index < -0.39 is 0 Å². The first-order valence-corrected chi connectivity index (χ1v) is 5.27. The van der Waals surface area contributed by atoms with Crippen LogP contribution in [0.4, 0.5) is 5.69 Å². The number of allylic oxidation sites excluding steroid dienone is 1. The van der Waals surface area contributed by atoms with Crippen LogP contribution in [0.2, 0.25) is 0 Å². The van der Waals surface area contributed by atoms with Crippen molar-refractivity contribution in [1.82, 2.24) is 0 Å². The van der Waals surface area contributed by atoms with E-state index in [1.807, 2.05) is 20.2 Å². The summed E-state index contributed by atoms with van der Waals surface area (Å²) < 4.78 is 5.37. The van der Waals surface area contributed by atoms with Crippen molar-refractivity contribution in [3.63, 3.8) is 0 Å². The van der Waals surface area contributed by atoms with Crippen LogP contribution in [0, 0.1) is 0 Å². The SMILES string of the molecule is CCC=COCc1ccc(N(C)C)cc1. The number of nitrogens with zero attached hydrogens (tertiary/aromatic N) is 1. The molecule has 1 aromatic rings. The molecule has 0 N–H and O–H groups in total. The number of rotatable bonds is 5. The van der Waals surface area contributed by atoms with E-state index >= 15 is 0 Å². The lowest BCUT2D eigenvalue weighted by Crippen LogP contribution is -2.08. The first-order valence-electron chi connectivity index (χ1n) is 5.27. The second-order valence-corrected chi connectivity index (χ2v) is 3.65. The summed E-state index contributed by atoms with van der Waals surface area (Å²) in [6.45, 7) is 2.73. The van der Waals surface area contributed by atoms with Crippen LogP contribution >= 0.6 is 0 Å². The maximum absolute atomic E-state index is 5.37. The van der Waals surface area contributed by atoms with Gasteiger partial charge < -0.3 is 9.64 Å². The van der Waals surface area contributed by atoms with Crippen molar-refractivity contribution in [3.05, 3.63) is 42.2 Å². The van der Waals surface area contributed by atoms with E-state index in [4.69, 9.17) is 4.74 Å². The topological polar surface area (TPSA) is 12.5 Å². The minimum atomic E-state index is 0.643. The summed E-state index contributed by atoms with van der Waals surface area (Å²) in [5, 5.41) is 0. The Morgan fingerprint density at radius 3 is 2.40 bits per heavy atom. The van der Waals surface area contributed by atoms with Gasteiger partial charge in [0.25, 0.3) is 0 Å². The molecule has 0 unspecified atom stereocenters. The minimum absolute atomic E-state index is 0.643. The Kier molecular flexibility index (Phi) is 4.75.